The molecular formula is C12H13F2N3O2. The highest BCUT2D eigenvalue weighted by Crippen LogP contribution is 2.39. The maximum absolute atomic E-state index is 13.6. The largest absolute Gasteiger partial charge is 0.364 e. The van der Waals surface area contributed by atoms with Gasteiger partial charge in [0.2, 0.25) is 5.72 Å². The van der Waals surface area contributed by atoms with E-state index in [0.29, 0.717) is 11.9 Å². The van der Waals surface area contributed by atoms with E-state index >= 15 is 0 Å². The van der Waals surface area contributed by atoms with Gasteiger partial charge in [0.05, 0.1) is 0 Å². The molecule has 2 heterocycles. The molecule has 0 bridgehead atoms. The van der Waals surface area contributed by atoms with Gasteiger partial charge in [0.25, 0.3) is 11.8 Å². The summed E-state index contributed by atoms with van der Waals surface area (Å²) in [6.45, 7) is 2.05. The second kappa shape index (κ2) is 4.34. The number of hydrogen-bond donors (Lipinski definition) is 1. The fraction of sp³-hybridized carbons (Fsp3) is 0.417. The van der Waals surface area contributed by atoms with E-state index < -0.39 is 17.6 Å². The van der Waals surface area contributed by atoms with Gasteiger partial charge in [-0.05, 0) is 19.1 Å². The average molecular weight is 269 g/mol. The van der Waals surface area contributed by atoms with Crippen molar-refractivity contribution in [3.05, 3.63) is 30.1 Å². The number of carbonyl (C=O) groups is 1. The molecule has 1 atom stereocenters. The van der Waals surface area contributed by atoms with Crippen LogP contribution >= 0.6 is 0 Å². The average Bonchev–Trinajstić information content (AvgIpc) is 2.65. The van der Waals surface area contributed by atoms with Gasteiger partial charge < -0.3 is 5.11 Å². The predicted molar refractivity (Wildman–Crippen MR) is 63.7 cm³/mol. The number of carbonyl (C=O) groups excluding carboxylic acids is 1. The Bertz CT molecular complexity index is 528. The molecule has 0 saturated heterocycles. The Balaban J connectivity index is 2.40. The highest BCUT2D eigenvalue weighted by atomic mass is 19.3. The molecule has 2 rings (SSSR count). The third kappa shape index (κ3) is 2.21. The summed E-state index contributed by atoms with van der Waals surface area (Å²) >= 11 is 0. The molecule has 1 N–H and O–H groups in total. The first-order valence-corrected chi connectivity index (χ1v) is 5.64. The number of hydrogen-bond acceptors (Lipinski definition) is 4. The SMILES string of the molecule is CC1=NN(C(=O)c2ccncc2)[C@](O)(C(C)(F)F)C1. The van der Waals surface area contributed by atoms with Crippen molar-refractivity contribution < 1.29 is 18.7 Å². The van der Waals surface area contributed by atoms with Gasteiger partial charge >= 0.3 is 0 Å². The number of hydrazone groups is 1. The monoisotopic (exact) mass is 269 g/mol. The second-order valence-corrected chi connectivity index (χ2v) is 4.57. The molecule has 0 unspecified atom stereocenters. The Morgan fingerprint density at radius 3 is 2.58 bits per heavy atom. The number of nitrogens with zero attached hydrogens (tertiary/aromatic N) is 3. The van der Waals surface area contributed by atoms with Gasteiger partial charge in [-0.3, -0.25) is 9.78 Å². The van der Waals surface area contributed by atoms with Crippen LogP contribution in [0.5, 0.6) is 0 Å². The van der Waals surface area contributed by atoms with Gasteiger partial charge in [0.1, 0.15) is 0 Å². The number of amides is 1. The van der Waals surface area contributed by atoms with Gasteiger partial charge in [-0.2, -0.15) is 10.1 Å². The summed E-state index contributed by atoms with van der Waals surface area (Å²) in [5.74, 6) is -4.28. The van der Waals surface area contributed by atoms with Crippen molar-refractivity contribution in [1.29, 1.82) is 0 Å². The zero-order chi connectivity index (χ0) is 14.3. The van der Waals surface area contributed by atoms with E-state index in [-0.39, 0.29) is 17.7 Å². The first kappa shape index (κ1) is 13.5. The number of halogens is 2. The Labute approximate surface area is 108 Å². The van der Waals surface area contributed by atoms with E-state index in [1.807, 2.05) is 0 Å². The van der Waals surface area contributed by atoms with E-state index in [1.54, 1.807) is 0 Å². The standard InChI is InChI=1S/C12H13F2N3O2/c1-8-7-12(19,11(2,13)14)17(16-8)10(18)9-3-5-15-6-4-9/h3-6,19H,7H2,1-2H3/t12-/m1/s1. The molecule has 1 aromatic rings. The van der Waals surface area contributed by atoms with Crippen LogP contribution in [-0.4, -0.2) is 38.4 Å². The van der Waals surface area contributed by atoms with Crippen molar-refractivity contribution in [2.24, 2.45) is 5.10 Å². The second-order valence-electron chi connectivity index (χ2n) is 4.57. The molecule has 0 saturated carbocycles. The van der Waals surface area contributed by atoms with Crippen LogP contribution < -0.4 is 0 Å². The zero-order valence-corrected chi connectivity index (χ0v) is 10.5. The fourth-order valence-corrected chi connectivity index (χ4v) is 1.89. The van der Waals surface area contributed by atoms with Crippen LogP contribution in [0.4, 0.5) is 8.78 Å². The molecule has 1 amide bonds. The lowest BCUT2D eigenvalue weighted by atomic mass is 10.0. The topological polar surface area (TPSA) is 65.8 Å². The molecule has 19 heavy (non-hydrogen) atoms. The Morgan fingerprint density at radius 1 is 1.47 bits per heavy atom. The van der Waals surface area contributed by atoms with E-state index in [1.165, 1.54) is 31.5 Å². The van der Waals surface area contributed by atoms with Gasteiger partial charge in [-0.25, -0.2) is 8.78 Å². The molecule has 1 aliphatic heterocycles. The van der Waals surface area contributed by atoms with Crippen LogP contribution in [0, 0.1) is 0 Å². The van der Waals surface area contributed by atoms with E-state index in [2.05, 4.69) is 10.1 Å². The number of aromatic nitrogens is 1. The Morgan fingerprint density at radius 2 is 2.05 bits per heavy atom. The minimum Gasteiger partial charge on any atom is -0.364 e. The van der Waals surface area contributed by atoms with Crippen molar-refractivity contribution in [2.45, 2.75) is 31.9 Å². The van der Waals surface area contributed by atoms with Gasteiger partial charge in [-0.1, -0.05) is 0 Å². The predicted octanol–water partition coefficient (Wildman–Crippen LogP) is 1.65. The Hall–Kier alpha value is -1.89. The molecule has 0 spiro atoms. The lowest BCUT2D eigenvalue weighted by Crippen LogP contribution is -2.57. The lowest BCUT2D eigenvalue weighted by Gasteiger charge is -2.35. The van der Waals surface area contributed by atoms with Gasteiger partial charge in [-0.15, -0.1) is 0 Å². The van der Waals surface area contributed by atoms with Crippen LogP contribution in [0.1, 0.15) is 30.6 Å². The molecule has 0 aliphatic carbocycles. The number of alkyl halides is 2. The minimum atomic E-state index is -3.49. The molecule has 0 fully saturated rings. The first-order chi connectivity index (χ1) is 8.75. The molecule has 5 nitrogen and oxygen atoms in total. The van der Waals surface area contributed by atoms with Crippen LogP contribution in [0.3, 0.4) is 0 Å². The third-order valence-electron chi connectivity index (χ3n) is 2.95. The van der Waals surface area contributed by atoms with E-state index in [0.717, 1.165) is 0 Å². The smallest absolute Gasteiger partial charge is 0.294 e. The summed E-state index contributed by atoms with van der Waals surface area (Å²) in [6, 6.07) is 2.75. The molecule has 7 heteroatoms. The van der Waals surface area contributed by atoms with Crippen LogP contribution in [-0.2, 0) is 0 Å². The highest BCUT2D eigenvalue weighted by molar-refractivity contribution is 5.97. The Kier molecular flexibility index (Phi) is 3.09. The number of pyridine rings is 1. The molecule has 1 aromatic heterocycles. The van der Waals surface area contributed by atoms with Crippen molar-refractivity contribution in [2.75, 3.05) is 0 Å². The molecule has 0 aromatic carbocycles. The quantitative estimate of drug-likeness (QED) is 0.887. The minimum absolute atomic E-state index is 0.135. The normalized spacial score (nSPS) is 23.4. The molecule has 102 valence electrons. The summed E-state index contributed by atoms with van der Waals surface area (Å²) in [5.41, 5.74) is -2.22. The van der Waals surface area contributed by atoms with Crippen molar-refractivity contribution in [1.82, 2.24) is 9.99 Å². The van der Waals surface area contributed by atoms with Crippen LogP contribution in [0.15, 0.2) is 29.6 Å². The lowest BCUT2D eigenvalue weighted by molar-refractivity contribution is -0.222. The number of rotatable bonds is 2. The van der Waals surface area contributed by atoms with Crippen LogP contribution in [0.25, 0.3) is 0 Å². The molecular weight excluding hydrogens is 256 g/mol. The first-order valence-electron chi connectivity index (χ1n) is 5.64. The van der Waals surface area contributed by atoms with Gasteiger partial charge in [0, 0.05) is 37.0 Å². The zero-order valence-electron chi connectivity index (χ0n) is 10.5. The maximum Gasteiger partial charge on any atom is 0.294 e. The summed E-state index contributed by atoms with van der Waals surface area (Å²) in [6.07, 6.45) is 2.35. The highest BCUT2D eigenvalue weighted by Gasteiger charge is 2.58. The summed E-state index contributed by atoms with van der Waals surface area (Å²) in [4.78, 5) is 15.9. The van der Waals surface area contributed by atoms with Crippen molar-refractivity contribution in [3.8, 4) is 0 Å². The van der Waals surface area contributed by atoms with E-state index in [9.17, 15) is 18.7 Å². The van der Waals surface area contributed by atoms with Gasteiger partial charge in [0.15, 0.2) is 0 Å². The van der Waals surface area contributed by atoms with E-state index in [4.69, 9.17) is 0 Å². The maximum atomic E-state index is 13.6. The van der Waals surface area contributed by atoms with Crippen molar-refractivity contribution in [3.63, 3.8) is 0 Å². The summed E-state index contributed by atoms with van der Waals surface area (Å²) in [5, 5.41) is 14.3. The van der Waals surface area contributed by atoms with Crippen LogP contribution in [0.2, 0.25) is 0 Å². The molecule has 0 radical (unpaired) electrons. The fourth-order valence-electron chi connectivity index (χ4n) is 1.89. The number of aliphatic hydroxyl groups is 1. The summed E-state index contributed by atoms with van der Waals surface area (Å²) < 4.78 is 27.2. The summed E-state index contributed by atoms with van der Waals surface area (Å²) in [7, 11) is 0. The van der Waals surface area contributed by atoms with Crippen molar-refractivity contribution >= 4 is 11.6 Å². The third-order valence-corrected chi connectivity index (χ3v) is 2.95. The molecule has 1 aliphatic rings.